The summed E-state index contributed by atoms with van der Waals surface area (Å²) < 4.78 is 0. The first-order valence-corrected chi connectivity index (χ1v) is 8.69. The van der Waals surface area contributed by atoms with Gasteiger partial charge in [-0.05, 0) is 44.8 Å². The van der Waals surface area contributed by atoms with Crippen LogP contribution in [0.5, 0.6) is 0 Å². The maximum Gasteiger partial charge on any atom is 0.102 e. The van der Waals surface area contributed by atoms with Crippen molar-refractivity contribution in [2.75, 3.05) is 31.7 Å². The molecule has 4 heteroatoms. The van der Waals surface area contributed by atoms with E-state index in [9.17, 15) is 5.26 Å². The van der Waals surface area contributed by atoms with Gasteiger partial charge in [0.1, 0.15) is 6.07 Å². The Labute approximate surface area is 132 Å². The maximum absolute atomic E-state index is 9.48. The highest BCUT2D eigenvalue weighted by Crippen LogP contribution is 2.35. The zero-order chi connectivity index (χ0) is 15.3. The van der Waals surface area contributed by atoms with Crippen molar-refractivity contribution < 1.29 is 0 Å². The molecular weight excluding hydrogens is 278 g/mol. The highest BCUT2D eigenvalue weighted by atomic mass is 32.2. The molecule has 1 fully saturated rings. The molecule has 1 aromatic carbocycles. The van der Waals surface area contributed by atoms with Crippen LogP contribution in [0.1, 0.15) is 38.2 Å². The molecule has 1 saturated carbocycles. The molecule has 114 valence electrons. The maximum atomic E-state index is 9.48. The van der Waals surface area contributed by atoms with Crippen molar-refractivity contribution in [3.63, 3.8) is 0 Å². The summed E-state index contributed by atoms with van der Waals surface area (Å²) in [5, 5.41) is 13.0. The summed E-state index contributed by atoms with van der Waals surface area (Å²) in [5.41, 5.74) is 2.00. The molecule has 21 heavy (non-hydrogen) atoms. The summed E-state index contributed by atoms with van der Waals surface area (Å²) in [6.45, 7) is 3.03. The van der Waals surface area contributed by atoms with Crippen molar-refractivity contribution in [1.29, 1.82) is 5.26 Å². The van der Waals surface area contributed by atoms with Crippen LogP contribution in [0.15, 0.2) is 23.1 Å². The second-order valence-corrected chi connectivity index (χ2v) is 7.21. The third kappa shape index (κ3) is 3.53. The van der Waals surface area contributed by atoms with Gasteiger partial charge in [-0.15, -0.1) is 11.8 Å². The monoisotopic (exact) mass is 303 g/mol. The molecule has 0 aromatic heterocycles. The lowest BCUT2D eigenvalue weighted by Gasteiger charge is -2.37. The summed E-state index contributed by atoms with van der Waals surface area (Å²) in [7, 11) is 4.34. The normalized spacial score (nSPS) is 16.9. The number of benzene rings is 1. The third-order valence-electron chi connectivity index (χ3n) is 4.53. The molecule has 0 spiro atoms. The summed E-state index contributed by atoms with van der Waals surface area (Å²) in [4.78, 5) is 3.43. The third-order valence-corrected chi connectivity index (χ3v) is 5.47. The van der Waals surface area contributed by atoms with Crippen LogP contribution in [-0.4, -0.2) is 36.8 Å². The van der Waals surface area contributed by atoms with Crippen molar-refractivity contribution in [3.8, 4) is 6.07 Å². The molecule has 0 bridgehead atoms. The van der Waals surface area contributed by atoms with Crippen LogP contribution in [0, 0.1) is 11.3 Å². The van der Waals surface area contributed by atoms with Gasteiger partial charge in [-0.25, -0.2) is 0 Å². The van der Waals surface area contributed by atoms with Crippen molar-refractivity contribution in [3.05, 3.63) is 23.8 Å². The quantitative estimate of drug-likeness (QED) is 0.808. The van der Waals surface area contributed by atoms with Gasteiger partial charge >= 0.3 is 0 Å². The van der Waals surface area contributed by atoms with Crippen LogP contribution in [-0.2, 0) is 0 Å². The number of nitriles is 1. The van der Waals surface area contributed by atoms with E-state index >= 15 is 0 Å². The molecule has 0 radical (unpaired) electrons. The van der Waals surface area contributed by atoms with E-state index in [2.05, 4.69) is 37.3 Å². The Bertz CT molecular complexity index is 513. The van der Waals surface area contributed by atoms with Crippen molar-refractivity contribution in [2.45, 2.75) is 43.0 Å². The van der Waals surface area contributed by atoms with E-state index in [1.54, 1.807) is 11.8 Å². The van der Waals surface area contributed by atoms with Gasteiger partial charge in [0, 0.05) is 17.0 Å². The number of hydrogen-bond donors (Lipinski definition) is 1. The largest absolute Gasteiger partial charge is 0.382 e. The molecule has 0 unspecified atom stereocenters. The average molecular weight is 303 g/mol. The van der Waals surface area contributed by atoms with Gasteiger partial charge in [-0.2, -0.15) is 5.26 Å². The second kappa shape index (κ2) is 7.20. The van der Waals surface area contributed by atoms with Gasteiger partial charge in [-0.3, -0.25) is 0 Å². The lowest BCUT2D eigenvalue weighted by molar-refractivity contribution is 0.172. The number of nitrogens with zero attached hydrogens (tertiary/aromatic N) is 2. The zero-order valence-electron chi connectivity index (χ0n) is 13.3. The minimum Gasteiger partial charge on any atom is -0.382 e. The first-order chi connectivity index (χ1) is 10.1. The van der Waals surface area contributed by atoms with Crippen LogP contribution in [0.2, 0.25) is 0 Å². The number of anilines is 1. The molecule has 0 amide bonds. The van der Waals surface area contributed by atoms with Crippen LogP contribution < -0.4 is 5.32 Å². The van der Waals surface area contributed by atoms with E-state index in [1.807, 2.05) is 18.2 Å². The summed E-state index contributed by atoms with van der Waals surface area (Å²) in [5.74, 6) is 0.986. The molecule has 0 saturated heterocycles. The molecule has 2 rings (SSSR count). The zero-order valence-corrected chi connectivity index (χ0v) is 14.1. The number of thioether (sulfide) groups is 1. The fourth-order valence-electron chi connectivity index (χ4n) is 3.14. The Balaban J connectivity index is 2.16. The van der Waals surface area contributed by atoms with Gasteiger partial charge in [0.25, 0.3) is 0 Å². The van der Waals surface area contributed by atoms with Crippen molar-refractivity contribution >= 4 is 17.4 Å². The van der Waals surface area contributed by atoms with Crippen molar-refractivity contribution in [2.24, 2.45) is 0 Å². The van der Waals surface area contributed by atoms with Gasteiger partial charge in [0.05, 0.1) is 11.3 Å². The average Bonchev–Trinajstić information content (AvgIpc) is 2.96. The molecule has 1 aliphatic rings. The van der Waals surface area contributed by atoms with E-state index in [0.717, 1.165) is 28.4 Å². The topological polar surface area (TPSA) is 39.1 Å². The Kier molecular flexibility index (Phi) is 5.55. The molecule has 1 N–H and O–H groups in total. The van der Waals surface area contributed by atoms with Crippen LogP contribution in [0.4, 0.5) is 5.69 Å². The van der Waals surface area contributed by atoms with Crippen LogP contribution in [0.3, 0.4) is 0 Å². The Morgan fingerprint density at radius 2 is 2.05 bits per heavy atom. The van der Waals surface area contributed by atoms with E-state index in [4.69, 9.17) is 0 Å². The molecule has 1 aromatic rings. The number of likely N-dealkylation sites (N-methyl/N-ethyl adjacent to an activating group) is 1. The lowest BCUT2D eigenvalue weighted by Crippen LogP contribution is -2.47. The van der Waals surface area contributed by atoms with Gasteiger partial charge in [0.15, 0.2) is 0 Å². The fourth-order valence-corrected chi connectivity index (χ4v) is 3.93. The van der Waals surface area contributed by atoms with E-state index < -0.39 is 0 Å². The minimum absolute atomic E-state index is 0.237. The first kappa shape index (κ1) is 16.2. The molecular formula is C17H25N3S. The predicted molar refractivity (Wildman–Crippen MR) is 90.9 cm³/mol. The summed E-state index contributed by atoms with van der Waals surface area (Å²) >= 11 is 1.73. The Morgan fingerprint density at radius 1 is 1.33 bits per heavy atom. The van der Waals surface area contributed by atoms with E-state index in [0.29, 0.717) is 0 Å². The standard InChI is InChI=1S/C17H25N3S/c1-4-21-16-9-7-8-15(14(16)12-18)19-13-17(20(2)3)10-5-6-11-17/h7-9,19H,4-6,10-11,13H2,1-3H3. The molecule has 0 heterocycles. The molecule has 3 nitrogen and oxygen atoms in total. The number of nitrogens with one attached hydrogen (secondary N) is 1. The Hall–Kier alpha value is -1.18. The molecule has 0 aliphatic heterocycles. The highest BCUT2D eigenvalue weighted by molar-refractivity contribution is 7.99. The number of hydrogen-bond acceptors (Lipinski definition) is 4. The minimum atomic E-state index is 0.237. The van der Waals surface area contributed by atoms with Gasteiger partial charge < -0.3 is 10.2 Å². The van der Waals surface area contributed by atoms with Crippen LogP contribution in [0.25, 0.3) is 0 Å². The smallest absolute Gasteiger partial charge is 0.102 e. The van der Waals surface area contributed by atoms with Gasteiger partial charge in [0.2, 0.25) is 0 Å². The van der Waals surface area contributed by atoms with Crippen molar-refractivity contribution in [1.82, 2.24) is 4.90 Å². The Morgan fingerprint density at radius 3 is 2.62 bits per heavy atom. The predicted octanol–water partition coefficient (Wildman–Crippen LogP) is 3.96. The SMILES string of the molecule is CCSc1cccc(NCC2(N(C)C)CCCC2)c1C#N. The fraction of sp³-hybridized carbons (Fsp3) is 0.588. The van der Waals surface area contributed by atoms with Gasteiger partial charge in [-0.1, -0.05) is 25.8 Å². The first-order valence-electron chi connectivity index (χ1n) is 7.70. The molecule has 1 aliphatic carbocycles. The lowest BCUT2D eigenvalue weighted by atomic mass is 9.95. The summed E-state index contributed by atoms with van der Waals surface area (Å²) in [6, 6.07) is 8.47. The second-order valence-electron chi connectivity index (χ2n) is 5.90. The van der Waals surface area contributed by atoms with E-state index in [1.165, 1.54) is 25.7 Å². The summed E-state index contributed by atoms with van der Waals surface area (Å²) in [6.07, 6.45) is 5.07. The number of rotatable bonds is 6. The molecule has 0 atom stereocenters. The highest BCUT2D eigenvalue weighted by Gasteiger charge is 2.35. The van der Waals surface area contributed by atoms with Crippen LogP contribution >= 0.6 is 11.8 Å². The van der Waals surface area contributed by atoms with E-state index in [-0.39, 0.29) is 5.54 Å².